The molecule has 0 radical (unpaired) electrons. The van der Waals surface area contributed by atoms with Gasteiger partial charge in [-0.1, -0.05) is 36.0 Å². The highest BCUT2D eigenvalue weighted by atomic mass is 32.2. The number of nitrogens with zero attached hydrogens (tertiary/aromatic N) is 2. The molecule has 0 unspecified atom stereocenters. The number of nitrogens with one attached hydrogen (secondary N) is 1. The maximum atomic E-state index is 12.3. The lowest BCUT2D eigenvalue weighted by atomic mass is 9.99. The lowest BCUT2D eigenvalue weighted by molar-refractivity contribution is -0.114. The predicted molar refractivity (Wildman–Crippen MR) is 115 cm³/mol. The number of anilines is 1. The Bertz CT molecular complexity index is 1030. The number of para-hydroxylation sites is 1. The predicted octanol–water partition coefficient (Wildman–Crippen LogP) is 4.68. The van der Waals surface area contributed by atoms with Crippen molar-refractivity contribution in [2.45, 2.75) is 27.7 Å². The Balaban J connectivity index is 2.02. The van der Waals surface area contributed by atoms with Gasteiger partial charge in [0.05, 0.1) is 17.1 Å². The Morgan fingerprint density at radius 1 is 1.00 bits per heavy atom. The minimum Gasteiger partial charge on any atom is -0.310 e. The maximum absolute atomic E-state index is 12.3. The standard InChI is InChI=1S/C22H23N3O2S/c1-14-10-16(3)19(11-15(14)2)20-12-21(23-22(27)13-28-17(4)26)25(24-20)18-8-6-5-7-9-18/h5-12H,13H2,1-4H3,(H,23,27). The van der Waals surface area contributed by atoms with Crippen molar-refractivity contribution in [3.05, 3.63) is 65.2 Å². The second kappa shape index (κ2) is 8.44. The van der Waals surface area contributed by atoms with E-state index in [9.17, 15) is 9.59 Å². The van der Waals surface area contributed by atoms with Gasteiger partial charge in [-0.3, -0.25) is 9.59 Å². The smallest absolute Gasteiger partial charge is 0.235 e. The number of aromatic nitrogens is 2. The Hall–Kier alpha value is -2.86. The van der Waals surface area contributed by atoms with Gasteiger partial charge in [0.1, 0.15) is 5.82 Å². The number of carbonyl (C=O) groups excluding carboxylic acids is 2. The van der Waals surface area contributed by atoms with E-state index >= 15 is 0 Å². The Morgan fingerprint density at radius 3 is 2.36 bits per heavy atom. The lowest BCUT2D eigenvalue weighted by Crippen LogP contribution is -2.17. The monoisotopic (exact) mass is 393 g/mol. The van der Waals surface area contributed by atoms with Gasteiger partial charge in [-0.15, -0.1) is 0 Å². The van der Waals surface area contributed by atoms with Crippen LogP contribution in [0.1, 0.15) is 23.6 Å². The summed E-state index contributed by atoms with van der Waals surface area (Å²) in [4.78, 5) is 23.4. The average Bonchev–Trinajstić information content (AvgIpc) is 3.07. The zero-order valence-corrected chi connectivity index (χ0v) is 17.3. The highest BCUT2D eigenvalue weighted by Crippen LogP contribution is 2.29. The van der Waals surface area contributed by atoms with Crippen LogP contribution in [0.5, 0.6) is 0 Å². The molecule has 0 saturated heterocycles. The summed E-state index contributed by atoms with van der Waals surface area (Å²) in [6, 6.07) is 15.8. The molecule has 3 rings (SSSR count). The molecule has 0 atom stereocenters. The van der Waals surface area contributed by atoms with Crippen molar-refractivity contribution in [3.63, 3.8) is 0 Å². The van der Waals surface area contributed by atoms with E-state index in [1.807, 2.05) is 36.4 Å². The first kappa shape index (κ1) is 19.9. The summed E-state index contributed by atoms with van der Waals surface area (Å²) in [5.41, 5.74) is 6.23. The van der Waals surface area contributed by atoms with Crippen LogP contribution < -0.4 is 5.32 Å². The van der Waals surface area contributed by atoms with Crippen LogP contribution in [-0.4, -0.2) is 26.6 Å². The minimum absolute atomic E-state index is 0.0767. The summed E-state index contributed by atoms with van der Waals surface area (Å²) in [5.74, 6) is 0.418. The van der Waals surface area contributed by atoms with Crippen LogP contribution in [-0.2, 0) is 9.59 Å². The molecule has 1 aromatic heterocycles. The molecule has 6 heteroatoms. The average molecular weight is 394 g/mol. The third-order valence-corrected chi connectivity index (χ3v) is 5.31. The molecule has 0 aliphatic carbocycles. The topological polar surface area (TPSA) is 64.0 Å². The van der Waals surface area contributed by atoms with Gasteiger partial charge < -0.3 is 5.32 Å². The zero-order valence-electron chi connectivity index (χ0n) is 16.4. The van der Waals surface area contributed by atoms with Gasteiger partial charge in [0.25, 0.3) is 0 Å². The molecule has 144 valence electrons. The van der Waals surface area contributed by atoms with Crippen molar-refractivity contribution in [3.8, 4) is 16.9 Å². The van der Waals surface area contributed by atoms with E-state index < -0.39 is 0 Å². The normalized spacial score (nSPS) is 10.7. The van der Waals surface area contributed by atoms with Crippen molar-refractivity contribution >= 4 is 28.6 Å². The summed E-state index contributed by atoms with van der Waals surface area (Å²) in [6.45, 7) is 7.68. The van der Waals surface area contributed by atoms with Crippen LogP contribution in [0.2, 0.25) is 0 Å². The Kier molecular flexibility index (Phi) is 5.99. The molecule has 0 bridgehead atoms. The van der Waals surface area contributed by atoms with Crippen LogP contribution >= 0.6 is 11.8 Å². The molecule has 3 aromatic rings. The number of rotatable bonds is 5. The fourth-order valence-corrected chi connectivity index (χ4v) is 3.36. The molecule has 1 N–H and O–H groups in total. The van der Waals surface area contributed by atoms with Crippen molar-refractivity contribution in [1.29, 1.82) is 0 Å². The molecule has 2 aromatic carbocycles. The van der Waals surface area contributed by atoms with Crippen molar-refractivity contribution in [2.24, 2.45) is 0 Å². The number of hydrogen-bond acceptors (Lipinski definition) is 4. The molecule has 0 aliphatic rings. The molecule has 0 aliphatic heterocycles. The Morgan fingerprint density at radius 2 is 1.68 bits per heavy atom. The lowest BCUT2D eigenvalue weighted by Gasteiger charge is -2.08. The van der Waals surface area contributed by atoms with Crippen LogP contribution in [0, 0.1) is 20.8 Å². The van der Waals surface area contributed by atoms with Crippen molar-refractivity contribution < 1.29 is 9.59 Å². The van der Waals surface area contributed by atoms with Gasteiger partial charge in [-0.05, 0) is 55.7 Å². The summed E-state index contributed by atoms with van der Waals surface area (Å²) >= 11 is 0.989. The molecule has 0 spiro atoms. The fraction of sp³-hybridized carbons (Fsp3) is 0.227. The number of hydrogen-bond donors (Lipinski definition) is 1. The Labute approximate surface area is 169 Å². The van der Waals surface area contributed by atoms with Gasteiger partial charge in [-0.25, -0.2) is 4.68 Å². The quantitative estimate of drug-likeness (QED) is 0.683. The molecule has 5 nitrogen and oxygen atoms in total. The fourth-order valence-electron chi connectivity index (χ4n) is 2.95. The van der Waals surface area contributed by atoms with Crippen molar-refractivity contribution in [1.82, 2.24) is 9.78 Å². The van der Waals surface area contributed by atoms with Crippen LogP contribution in [0.3, 0.4) is 0 Å². The number of carbonyl (C=O) groups is 2. The number of amides is 1. The summed E-state index contributed by atoms with van der Waals surface area (Å²) < 4.78 is 1.72. The summed E-state index contributed by atoms with van der Waals surface area (Å²) in [7, 11) is 0. The molecule has 1 amide bonds. The number of aryl methyl sites for hydroxylation is 3. The minimum atomic E-state index is -0.236. The second-order valence-electron chi connectivity index (χ2n) is 6.74. The zero-order chi connectivity index (χ0) is 20.3. The molecule has 1 heterocycles. The van der Waals surface area contributed by atoms with E-state index in [2.05, 4.69) is 38.2 Å². The second-order valence-corrected chi connectivity index (χ2v) is 7.89. The van der Waals surface area contributed by atoms with Crippen LogP contribution in [0.4, 0.5) is 5.82 Å². The highest BCUT2D eigenvalue weighted by molar-refractivity contribution is 8.14. The third-order valence-electron chi connectivity index (χ3n) is 4.50. The first-order valence-corrected chi connectivity index (χ1v) is 10.0. The summed E-state index contributed by atoms with van der Waals surface area (Å²) in [6.07, 6.45) is 0. The van der Waals surface area contributed by atoms with Gasteiger partial charge in [-0.2, -0.15) is 5.10 Å². The van der Waals surface area contributed by atoms with E-state index in [4.69, 9.17) is 5.10 Å². The molecular weight excluding hydrogens is 370 g/mol. The largest absolute Gasteiger partial charge is 0.310 e. The third kappa shape index (κ3) is 4.51. The molecule has 28 heavy (non-hydrogen) atoms. The van der Waals surface area contributed by atoms with E-state index in [1.165, 1.54) is 18.1 Å². The van der Waals surface area contributed by atoms with Gasteiger partial charge in [0.2, 0.25) is 5.91 Å². The summed E-state index contributed by atoms with van der Waals surface area (Å²) in [5, 5.41) is 7.56. The highest BCUT2D eigenvalue weighted by Gasteiger charge is 2.16. The molecule has 0 fully saturated rings. The first-order chi connectivity index (χ1) is 13.3. The van der Waals surface area contributed by atoms with Crippen LogP contribution in [0.15, 0.2) is 48.5 Å². The van der Waals surface area contributed by atoms with Crippen LogP contribution in [0.25, 0.3) is 16.9 Å². The number of benzene rings is 2. The van der Waals surface area contributed by atoms with Gasteiger partial charge in [0.15, 0.2) is 5.12 Å². The van der Waals surface area contributed by atoms with Gasteiger partial charge in [0, 0.05) is 18.6 Å². The van der Waals surface area contributed by atoms with Crippen molar-refractivity contribution in [2.75, 3.05) is 11.1 Å². The molecule has 0 saturated carbocycles. The first-order valence-electron chi connectivity index (χ1n) is 9.02. The van der Waals surface area contributed by atoms with Gasteiger partial charge >= 0.3 is 0 Å². The van der Waals surface area contributed by atoms with E-state index in [0.717, 1.165) is 34.3 Å². The van der Waals surface area contributed by atoms with E-state index in [1.54, 1.807) is 4.68 Å². The van der Waals surface area contributed by atoms with E-state index in [-0.39, 0.29) is 16.8 Å². The van der Waals surface area contributed by atoms with E-state index in [0.29, 0.717) is 5.82 Å². The SMILES string of the molecule is CC(=O)SCC(=O)Nc1cc(-c2cc(C)c(C)cc2C)nn1-c1ccccc1. The maximum Gasteiger partial charge on any atom is 0.235 e. The number of thioether (sulfide) groups is 1. The molecular formula is C22H23N3O2S.